The minimum absolute atomic E-state index is 0.0160. The molecule has 0 aliphatic rings. The van der Waals surface area contributed by atoms with Crippen LogP contribution in [-0.4, -0.2) is 45.4 Å². The van der Waals surface area contributed by atoms with E-state index in [1.165, 1.54) is 0 Å². The molecule has 1 unspecified atom stereocenters. The van der Waals surface area contributed by atoms with Crippen LogP contribution < -0.4 is 11.1 Å². The van der Waals surface area contributed by atoms with Gasteiger partial charge in [-0.25, -0.2) is 0 Å². The van der Waals surface area contributed by atoms with Crippen LogP contribution in [0.15, 0.2) is 0 Å². The average molecular weight is 218 g/mol. The molecule has 0 radical (unpaired) electrons. The Morgan fingerprint density at radius 2 is 2.27 bits per heavy atom. The lowest BCUT2D eigenvalue weighted by molar-refractivity contribution is -0.126. The van der Waals surface area contributed by atoms with Gasteiger partial charge >= 0.3 is 0 Å². The molecular formula is C10H22N2O3. The van der Waals surface area contributed by atoms with Crippen molar-refractivity contribution in [2.24, 2.45) is 5.73 Å². The van der Waals surface area contributed by atoms with E-state index in [0.717, 1.165) is 6.42 Å². The van der Waals surface area contributed by atoms with Gasteiger partial charge in [0.1, 0.15) is 6.61 Å². The predicted molar refractivity (Wildman–Crippen MR) is 58.6 cm³/mol. The zero-order valence-electron chi connectivity index (χ0n) is 9.62. The fourth-order valence-electron chi connectivity index (χ4n) is 1.18. The largest absolute Gasteiger partial charge is 0.383 e. The number of rotatable bonds is 9. The second kappa shape index (κ2) is 9.89. The molecule has 0 saturated heterocycles. The van der Waals surface area contributed by atoms with Crippen LogP contribution in [0.1, 0.15) is 19.8 Å². The maximum Gasteiger partial charge on any atom is 0.246 e. The van der Waals surface area contributed by atoms with Crippen molar-refractivity contribution < 1.29 is 14.3 Å². The van der Waals surface area contributed by atoms with Crippen LogP contribution in [0, 0.1) is 0 Å². The second-order valence-electron chi connectivity index (χ2n) is 3.35. The lowest BCUT2D eigenvalue weighted by atomic mass is 10.2. The van der Waals surface area contributed by atoms with Crippen LogP contribution in [0.5, 0.6) is 0 Å². The highest BCUT2D eigenvalue weighted by Crippen LogP contribution is 1.91. The molecule has 5 heteroatoms. The van der Waals surface area contributed by atoms with Crippen LogP contribution >= 0.6 is 0 Å². The standard InChI is InChI=1S/C10H22N2O3/c1-3-6-15-8-10(13)12-9(4-5-11)7-14-2/h9H,3-8,11H2,1-2H3,(H,12,13). The number of carbonyl (C=O) groups is 1. The quantitative estimate of drug-likeness (QED) is 0.530. The Bertz CT molecular complexity index is 159. The number of carbonyl (C=O) groups excluding carboxylic acids is 1. The molecule has 0 rings (SSSR count). The molecule has 0 aliphatic heterocycles. The van der Waals surface area contributed by atoms with Gasteiger partial charge < -0.3 is 20.5 Å². The van der Waals surface area contributed by atoms with Crippen molar-refractivity contribution in [1.82, 2.24) is 5.32 Å². The molecule has 0 saturated carbocycles. The highest BCUT2D eigenvalue weighted by Gasteiger charge is 2.10. The van der Waals surface area contributed by atoms with Crippen molar-refractivity contribution in [3.63, 3.8) is 0 Å². The monoisotopic (exact) mass is 218 g/mol. The van der Waals surface area contributed by atoms with E-state index >= 15 is 0 Å². The van der Waals surface area contributed by atoms with Gasteiger partial charge in [0.2, 0.25) is 5.91 Å². The van der Waals surface area contributed by atoms with E-state index in [1.807, 2.05) is 6.92 Å². The third-order valence-corrected chi connectivity index (χ3v) is 1.83. The second-order valence-corrected chi connectivity index (χ2v) is 3.35. The number of methoxy groups -OCH3 is 1. The molecule has 0 aliphatic carbocycles. The number of nitrogens with one attached hydrogen (secondary N) is 1. The molecule has 90 valence electrons. The molecule has 15 heavy (non-hydrogen) atoms. The molecule has 1 atom stereocenters. The highest BCUT2D eigenvalue weighted by molar-refractivity contribution is 5.77. The summed E-state index contributed by atoms with van der Waals surface area (Å²) >= 11 is 0. The van der Waals surface area contributed by atoms with Crippen molar-refractivity contribution in [2.45, 2.75) is 25.8 Å². The maximum absolute atomic E-state index is 11.3. The first-order valence-electron chi connectivity index (χ1n) is 5.30. The Morgan fingerprint density at radius 3 is 2.80 bits per heavy atom. The summed E-state index contributed by atoms with van der Waals surface area (Å²) in [5, 5.41) is 2.81. The number of hydrogen-bond donors (Lipinski definition) is 2. The summed E-state index contributed by atoms with van der Waals surface area (Å²) in [7, 11) is 1.60. The predicted octanol–water partition coefficient (Wildman–Crippen LogP) is -0.107. The van der Waals surface area contributed by atoms with Gasteiger partial charge in [-0.15, -0.1) is 0 Å². The molecule has 0 fully saturated rings. The first-order chi connectivity index (χ1) is 7.24. The van der Waals surface area contributed by atoms with Crippen LogP contribution in [0.2, 0.25) is 0 Å². The van der Waals surface area contributed by atoms with Crippen molar-refractivity contribution >= 4 is 5.91 Å². The van der Waals surface area contributed by atoms with E-state index in [2.05, 4.69) is 5.32 Å². The summed E-state index contributed by atoms with van der Waals surface area (Å²) in [4.78, 5) is 11.3. The third-order valence-electron chi connectivity index (χ3n) is 1.83. The molecule has 0 bridgehead atoms. The third kappa shape index (κ3) is 8.35. The summed E-state index contributed by atoms with van der Waals surface area (Å²) in [6.07, 6.45) is 1.63. The van der Waals surface area contributed by atoms with Crippen LogP contribution in [-0.2, 0) is 14.3 Å². The molecule has 0 spiro atoms. The van der Waals surface area contributed by atoms with Crippen molar-refractivity contribution in [3.05, 3.63) is 0 Å². The fraction of sp³-hybridized carbons (Fsp3) is 0.900. The van der Waals surface area contributed by atoms with E-state index in [-0.39, 0.29) is 18.6 Å². The topological polar surface area (TPSA) is 73.6 Å². The summed E-state index contributed by atoms with van der Waals surface area (Å²) in [6.45, 7) is 3.73. The fourth-order valence-corrected chi connectivity index (χ4v) is 1.18. The molecule has 0 aromatic rings. The SMILES string of the molecule is CCCOCC(=O)NC(CCN)COC. The van der Waals surface area contributed by atoms with Gasteiger partial charge in [-0.05, 0) is 19.4 Å². The first-order valence-corrected chi connectivity index (χ1v) is 5.30. The minimum atomic E-state index is -0.112. The lowest BCUT2D eigenvalue weighted by Crippen LogP contribution is -2.41. The average Bonchev–Trinajstić information content (AvgIpc) is 2.19. The Labute approximate surface area is 91.3 Å². The Kier molecular flexibility index (Phi) is 9.46. The number of hydrogen-bond acceptors (Lipinski definition) is 4. The summed E-state index contributed by atoms with van der Waals surface area (Å²) < 4.78 is 10.1. The number of amides is 1. The van der Waals surface area contributed by atoms with Gasteiger partial charge in [0.05, 0.1) is 12.6 Å². The molecule has 0 aromatic heterocycles. The zero-order chi connectivity index (χ0) is 11.5. The van der Waals surface area contributed by atoms with Gasteiger partial charge in [-0.3, -0.25) is 4.79 Å². The highest BCUT2D eigenvalue weighted by atomic mass is 16.5. The van der Waals surface area contributed by atoms with E-state index in [1.54, 1.807) is 7.11 Å². The van der Waals surface area contributed by atoms with Gasteiger partial charge in [0, 0.05) is 13.7 Å². The Balaban J connectivity index is 3.67. The van der Waals surface area contributed by atoms with Crippen LogP contribution in [0.25, 0.3) is 0 Å². The zero-order valence-corrected chi connectivity index (χ0v) is 9.62. The van der Waals surface area contributed by atoms with Crippen LogP contribution in [0.3, 0.4) is 0 Å². The number of nitrogens with two attached hydrogens (primary N) is 1. The van der Waals surface area contributed by atoms with E-state index in [4.69, 9.17) is 15.2 Å². The molecule has 5 nitrogen and oxygen atoms in total. The summed E-state index contributed by atoms with van der Waals surface area (Å²) in [5.74, 6) is -0.112. The molecule has 0 heterocycles. The summed E-state index contributed by atoms with van der Waals surface area (Å²) in [6, 6.07) is -0.0160. The summed E-state index contributed by atoms with van der Waals surface area (Å²) in [5.41, 5.74) is 5.42. The van der Waals surface area contributed by atoms with Crippen molar-refractivity contribution in [2.75, 3.05) is 33.5 Å². The molecule has 3 N–H and O–H groups in total. The van der Waals surface area contributed by atoms with E-state index < -0.39 is 0 Å². The van der Waals surface area contributed by atoms with E-state index in [9.17, 15) is 4.79 Å². The Morgan fingerprint density at radius 1 is 1.53 bits per heavy atom. The van der Waals surface area contributed by atoms with Crippen LogP contribution in [0.4, 0.5) is 0 Å². The Hall–Kier alpha value is -0.650. The number of ether oxygens (including phenoxy) is 2. The van der Waals surface area contributed by atoms with E-state index in [0.29, 0.717) is 26.2 Å². The lowest BCUT2D eigenvalue weighted by Gasteiger charge is -2.16. The van der Waals surface area contributed by atoms with Crippen molar-refractivity contribution in [1.29, 1.82) is 0 Å². The maximum atomic E-state index is 11.3. The minimum Gasteiger partial charge on any atom is -0.383 e. The smallest absolute Gasteiger partial charge is 0.246 e. The van der Waals surface area contributed by atoms with Gasteiger partial charge in [-0.2, -0.15) is 0 Å². The molecule has 0 aromatic carbocycles. The normalized spacial score (nSPS) is 12.5. The van der Waals surface area contributed by atoms with Gasteiger partial charge in [-0.1, -0.05) is 6.92 Å². The molecule has 1 amide bonds. The first kappa shape index (κ1) is 14.3. The van der Waals surface area contributed by atoms with Gasteiger partial charge in [0.25, 0.3) is 0 Å². The van der Waals surface area contributed by atoms with Gasteiger partial charge in [0.15, 0.2) is 0 Å². The molecular weight excluding hydrogens is 196 g/mol. The van der Waals surface area contributed by atoms with Crippen molar-refractivity contribution in [3.8, 4) is 0 Å².